The zero-order chi connectivity index (χ0) is 18.2. The summed E-state index contributed by atoms with van der Waals surface area (Å²) in [6.45, 7) is 3.24. The van der Waals surface area contributed by atoms with Crippen LogP contribution in [0.5, 0.6) is 0 Å². The second kappa shape index (κ2) is 9.13. The third-order valence-electron chi connectivity index (χ3n) is 3.63. The Balaban J connectivity index is 1.94. The number of rotatable bonds is 7. The van der Waals surface area contributed by atoms with Gasteiger partial charge in [0.25, 0.3) is 5.91 Å². The van der Waals surface area contributed by atoms with Crippen LogP contribution in [-0.2, 0) is 20.3 Å². The third-order valence-corrected chi connectivity index (χ3v) is 5.00. The number of benzene rings is 2. The van der Waals surface area contributed by atoms with Crippen molar-refractivity contribution < 1.29 is 18.5 Å². The first-order valence-electron chi connectivity index (χ1n) is 8.01. The first kappa shape index (κ1) is 18.9. The molecule has 2 atom stereocenters. The summed E-state index contributed by atoms with van der Waals surface area (Å²) in [4.78, 5) is 24.6. The van der Waals surface area contributed by atoms with Crippen LogP contribution in [-0.4, -0.2) is 28.4 Å². The van der Waals surface area contributed by atoms with Crippen LogP contribution in [0.1, 0.15) is 35.8 Å². The van der Waals surface area contributed by atoms with Crippen LogP contribution in [0.4, 0.5) is 0 Å². The van der Waals surface area contributed by atoms with E-state index >= 15 is 0 Å². The molecule has 25 heavy (non-hydrogen) atoms. The molecule has 6 heteroatoms. The van der Waals surface area contributed by atoms with Gasteiger partial charge in [0.2, 0.25) is 0 Å². The fourth-order valence-corrected chi connectivity index (χ4v) is 3.24. The number of amides is 1. The molecule has 0 saturated heterocycles. The van der Waals surface area contributed by atoms with Crippen molar-refractivity contribution in [2.75, 3.05) is 12.4 Å². The first-order valence-corrected chi connectivity index (χ1v) is 9.33. The first-order chi connectivity index (χ1) is 12.0. The van der Waals surface area contributed by atoms with Crippen molar-refractivity contribution in [2.45, 2.75) is 24.8 Å². The number of ether oxygens (including phenoxy) is 1. The average Bonchev–Trinajstić information content (AvgIpc) is 2.66. The van der Waals surface area contributed by atoms with E-state index in [4.69, 9.17) is 4.74 Å². The molecular weight excluding hydrogens is 338 g/mol. The molecule has 0 radical (unpaired) electrons. The van der Waals surface area contributed by atoms with Crippen molar-refractivity contribution in [3.63, 3.8) is 0 Å². The van der Waals surface area contributed by atoms with Gasteiger partial charge >= 0.3 is 5.97 Å². The number of nitrogens with one attached hydrogen (secondary N) is 1. The predicted molar refractivity (Wildman–Crippen MR) is 96.7 cm³/mol. The summed E-state index contributed by atoms with van der Waals surface area (Å²) >= 11 is 0. The van der Waals surface area contributed by atoms with Gasteiger partial charge in [-0.05, 0) is 24.6 Å². The van der Waals surface area contributed by atoms with Crippen LogP contribution >= 0.6 is 0 Å². The lowest BCUT2D eigenvalue weighted by molar-refractivity contribution is -0.124. The Morgan fingerprint density at radius 3 is 2.40 bits per heavy atom. The highest BCUT2D eigenvalue weighted by molar-refractivity contribution is 7.85. The van der Waals surface area contributed by atoms with Crippen LogP contribution in [0.2, 0.25) is 0 Å². The van der Waals surface area contributed by atoms with Crippen LogP contribution in [0.25, 0.3) is 0 Å². The van der Waals surface area contributed by atoms with Gasteiger partial charge in [0.1, 0.15) is 0 Å². The van der Waals surface area contributed by atoms with Gasteiger partial charge in [-0.25, -0.2) is 4.79 Å². The maximum absolute atomic E-state index is 12.2. The van der Waals surface area contributed by atoms with Crippen LogP contribution in [0.3, 0.4) is 0 Å². The summed E-state index contributed by atoms with van der Waals surface area (Å²) < 4.78 is 17.1. The van der Waals surface area contributed by atoms with Crippen molar-refractivity contribution in [1.29, 1.82) is 0 Å². The number of carbonyl (C=O) groups is 2. The lowest BCUT2D eigenvalue weighted by atomic mass is 10.1. The van der Waals surface area contributed by atoms with E-state index in [1.54, 1.807) is 31.2 Å². The molecule has 2 aromatic rings. The lowest BCUT2D eigenvalue weighted by Crippen LogP contribution is -2.31. The fourth-order valence-electron chi connectivity index (χ4n) is 2.31. The molecule has 0 unspecified atom stereocenters. The van der Waals surface area contributed by atoms with Crippen molar-refractivity contribution >= 4 is 22.7 Å². The molecule has 0 spiro atoms. The predicted octanol–water partition coefficient (Wildman–Crippen LogP) is 2.85. The molecule has 5 nitrogen and oxygen atoms in total. The minimum Gasteiger partial charge on any atom is -0.452 e. The zero-order valence-electron chi connectivity index (χ0n) is 14.2. The number of carbonyl (C=O) groups excluding carboxylic acids is 2. The van der Waals surface area contributed by atoms with Gasteiger partial charge in [0.15, 0.2) is 6.61 Å². The molecule has 0 aliphatic rings. The van der Waals surface area contributed by atoms with E-state index < -0.39 is 22.7 Å². The third kappa shape index (κ3) is 5.26. The monoisotopic (exact) mass is 359 g/mol. The maximum Gasteiger partial charge on any atom is 0.339 e. The van der Waals surface area contributed by atoms with Crippen LogP contribution in [0.15, 0.2) is 59.5 Å². The molecule has 0 heterocycles. The Kier molecular flexibility index (Phi) is 6.89. The minimum atomic E-state index is -1.27. The quantitative estimate of drug-likeness (QED) is 0.772. The van der Waals surface area contributed by atoms with Gasteiger partial charge in [-0.15, -0.1) is 0 Å². The van der Waals surface area contributed by atoms with Gasteiger partial charge in [-0.2, -0.15) is 0 Å². The van der Waals surface area contributed by atoms with E-state index in [2.05, 4.69) is 5.32 Å². The molecule has 0 aliphatic heterocycles. The van der Waals surface area contributed by atoms with Gasteiger partial charge < -0.3 is 10.1 Å². The van der Waals surface area contributed by atoms with E-state index in [-0.39, 0.29) is 18.2 Å². The zero-order valence-corrected chi connectivity index (χ0v) is 15.0. The number of esters is 1. The molecule has 132 valence electrons. The van der Waals surface area contributed by atoms with E-state index in [1.165, 1.54) is 0 Å². The Morgan fingerprint density at radius 1 is 1.08 bits per heavy atom. The Bertz CT molecular complexity index is 761. The summed E-state index contributed by atoms with van der Waals surface area (Å²) in [6.07, 6.45) is 0. The van der Waals surface area contributed by atoms with Crippen LogP contribution in [0, 0.1) is 0 Å². The number of hydrogen-bond acceptors (Lipinski definition) is 4. The maximum atomic E-state index is 12.2. The minimum absolute atomic E-state index is 0.188. The summed E-state index contributed by atoms with van der Waals surface area (Å²) in [5, 5.41) is 2.78. The van der Waals surface area contributed by atoms with Crippen LogP contribution < -0.4 is 5.32 Å². The number of hydrogen-bond donors (Lipinski definition) is 1. The summed E-state index contributed by atoms with van der Waals surface area (Å²) in [7, 11) is -1.27. The Labute approximate surface area is 149 Å². The normalized spacial score (nSPS) is 12.9. The van der Waals surface area contributed by atoms with E-state index in [1.807, 2.05) is 37.3 Å². The second-order valence-corrected chi connectivity index (χ2v) is 7.11. The van der Waals surface area contributed by atoms with Crippen molar-refractivity contribution in [3.8, 4) is 0 Å². The highest BCUT2D eigenvalue weighted by Crippen LogP contribution is 2.15. The highest BCUT2D eigenvalue weighted by Gasteiger charge is 2.17. The lowest BCUT2D eigenvalue weighted by Gasteiger charge is -2.14. The second-order valence-electron chi connectivity index (χ2n) is 5.41. The summed E-state index contributed by atoms with van der Waals surface area (Å²) in [5.74, 6) is -0.641. The molecule has 2 rings (SSSR count). The molecule has 0 fully saturated rings. The Morgan fingerprint density at radius 2 is 1.72 bits per heavy atom. The van der Waals surface area contributed by atoms with Gasteiger partial charge in [0.05, 0.1) is 27.3 Å². The highest BCUT2D eigenvalue weighted by atomic mass is 32.2. The largest absolute Gasteiger partial charge is 0.452 e. The van der Waals surface area contributed by atoms with Crippen molar-refractivity contribution in [3.05, 3.63) is 65.7 Å². The molecule has 0 aliphatic carbocycles. The molecule has 0 bridgehead atoms. The molecule has 1 N–H and O–H groups in total. The van der Waals surface area contributed by atoms with Crippen molar-refractivity contribution in [1.82, 2.24) is 5.32 Å². The molecule has 2 aromatic carbocycles. The SMILES string of the molecule is CC[S@@](=O)c1ccccc1C(=O)OCC(=O)N[C@@H](C)c1ccccc1. The van der Waals surface area contributed by atoms with Gasteiger partial charge in [-0.3, -0.25) is 9.00 Å². The summed E-state index contributed by atoms with van der Waals surface area (Å²) in [6, 6.07) is 15.9. The molecule has 0 saturated carbocycles. The Hall–Kier alpha value is -2.47. The standard InChI is InChI=1S/C19H21NO4S/c1-3-25(23)17-12-8-7-11-16(17)19(22)24-13-18(21)20-14(2)15-9-5-4-6-10-15/h4-12,14H,3,13H2,1-2H3,(H,20,21)/t14-,25+/m0/s1. The van der Waals surface area contributed by atoms with Gasteiger partial charge in [0, 0.05) is 5.75 Å². The molecule has 1 amide bonds. The average molecular weight is 359 g/mol. The molecule has 0 aromatic heterocycles. The van der Waals surface area contributed by atoms with Gasteiger partial charge in [-0.1, -0.05) is 49.4 Å². The smallest absolute Gasteiger partial charge is 0.339 e. The van der Waals surface area contributed by atoms with E-state index in [9.17, 15) is 13.8 Å². The topological polar surface area (TPSA) is 72.5 Å². The molecular formula is C19H21NO4S. The van der Waals surface area contributed by atoms with E-state index in [0.29, 0.717) is 10.6 Å². The van der Waals surface area contributed by atoms with Crippen molar-refractivity contribution in [2.24, 2.45) is 0 Å². The van der Waals surface area contributed by atoms with E-state index in [0.717, 1.165) is 5.56 Å². The summed E-state index contributed by atoms with van der Waals surface area (Å²) in [5.41, 5.74) is 1.19. The fraction of sp³-hybridized carbons (Fsp3) is 0.263.